The lowest BCUT2D eigenvalue weighted by molar-refractivity contribution is -0.138. The number of nitrogens with one attached hydrogen (secondary N) is 1. The Kier molecular flexibility index (Phi) is 6.20. The molecule has 0 fully saturated rings. The van der Waals surface area contributed by atoms with Crippen LogP contribution in [-0.2, 0) is 4.79 Å². The molecule has 0 spiro atoms. The number of rotatable bonds is 6. The van der Waals surface area contributed by atoms with Crippen LogP contribution in [0.25, 0.3) is 0 Å². The number of carbonyl (C=O) groups is 1. The lowest BCUT2D eigenvalue weighted by Gasteiger charge is -2.13. The quantitative estimate of drug-likeness (QED) is 0.662. The Bertz CT molecular complexity index is 141. The number of hydrogen-bond donors (Lipinski definition) is 2. The van der Waals surface area contributed by atoms with Crippen LogP contribution in [0.3, 0.4) is 0 Å². The first-order chi connectivity index (χ1) is 5.61. The molecule has 0 rings (SSSR count). The van der Waals surface area contributed by atoms with Crippen molar-refractivity contribution in [2.24, 2.45) is 0 Å². The van der Waals surface area contributed by atoms with E-state index in [1.54, 1.807) is 18.8 Å². The van der Waals surface area contributed by atoms with E-state index in [1.165, 1.54) is 0 Å². The highest BCUT2D eigenvalue weighted by Gasteiger charge is 2.15. The fourth-order valence-electron chi connectivity index (χ4n) is 0.656. The van der Waals surface area contributed by atoms with E-state index in [0.717, 1.165) is 6.42 Å². The van der Waals surface area contributed by atoms with Gasteiger partial charge in [0, 0.05) is 11.0 Å². The minimum atomic E-state index is -0.770. The van der Waals surface area contributed by atoms with Crippen molar-refractivity contribution in [1.29, 1.82) is 0 Å². The zero-order valence-electron chi connectivity index (χ0n) is 7.83. The molecule has 0 aromatic heterocycles. The summed E-state index contributed by atoms with van der Waals surface area (Å²) in [6.45, 7) is 4.21. The van der Waals surface area contributed by atoms with Gasteiger partial charge in [-0.15, -0.1) is 0 Å². The summed E-state index contributed by atoms with van der Waals surface area (Å²) in [6.07, 6.45) is 1.08. The monoisotopic (exact) mass is 191 g/mol. The largest absolute Gasteiger partial charge is 0.480 e. The van der Waals surface area contributed by atoms with Crippen LogP contribution in [0.2, 0.25) is 0 Å². The fourth-order valence-corrected chi connectivity index (χ4v) is 1.72. The Balaban J connectivity index is 3.65. The molecule has 12 heavy (non-hydrogen) atoms. The fraction of sp³-hybridized carbons (Fsp3) is 0.875. The Morgan fingerprint density at radius 2 is 2.25 bits per heavy atom. The van der Waals surface area contributed by atoms with Crippen LogP contribution in [0.15, 0.2) is 0 Å². The predicted molar refractivity (Wildman–Crippen MR) is 52.7 cm³/mol. The van der Waals surface area contributed by atoms with Gasteiger partial charge in [-0.3, -0.25) is 4.79 Å². The maximum Gasteiger partial charge on any atom is 0.321 e. The smallest absolute Gasteiger partial charge is 0.321 e. The number of carboxylic acid groups (broad SMARTS) is 1. The molecule has 72 valence electrons. The van der Waals surface area contributed by atoms with Gasteiger partial charge in [0.2, 0.25) is 0 Å². The predicted octanol–water partition coefficient (Wildman–Crippen LogP) is 1.19. The maximum absolute atomic E-state index is 10.6. The van der Waals surface area contributed by atoms with E-state index in [1.807, 2.05) is 0 Å². The topological polar surface area (TPSA) is 49.3 Å². The average molecular weight is 191 g/mol. The standard InChI is InChI=1S/C8H17NO2S/c1-4-6(2)12-5-7(9-3)8(10)11/h6-7,9H,4-5H2,1-3H3,(H,10,11). The Morgan fingerprint density at radius 1 is 1.67 bits per heavy atom. The van der Waals surface area contributed by atoms with Gasteiger partial charge in [0.05, 0.1) is 0 Å². The van der Waals surface area contributed by atoms with Crippen molar-refractivity contribution in [3.63, 3.8) is 0 Å². The van der Waals surface area contributed by atoms with Crippen molar-refractivity contribution in [3.05, 3.63) is 0 Å². The van der Waals surface area contributed by atoms with E-state index < -0.39 is 12.0 Å². The molecule has 0 aromatic carbocycles. The zero-order chi connectivity index (χ0) is 9.56. The van der Waals surface area contributed by atoms with Gasteiger partial charge in [0.1, 0.15) is 6.04 Å². The van der Waals surface area contributed by atoms with Gasteiger partial charge in [-0.25, -0.2) is 0 Å². The molecule has 0 bridgehead atoms. The third-order valence-electron chi connectivity index (χ3n) is 1.77. The average Bonchev–Trinajstić information content (AvgIpc) is 2.04. The van der Waals surface area contributed by atoms with Gasteiger partial charge >= 0.3 is 5.97 Å². The molecule has 0 amide bonds. The number of hydrogen-bond acceptors (Lipinski definition) is 3. The Hall–Kier alpha value is -0.220. The van der Waals surface area contributed by atoms with Crippen molar-refractivity contribution in [2.75, 3.05) is 12.8 Å². The first kappa shape index (κ1) is 11.8. The number of carboxylic acids is 1. The van der Waals surface area contributed by atoms with E-state index in [9.17, 15) is 4.79 Å². The molecule has 2 N–H and O–H groups in total. The van der Waals surface area contributed by atoms with Gasteiger partial charge in [0.15, 0.2) is 0 Å². The molecule has 0 aliphatic carbocycles. The van der Waals surface area contributed by atoms with Crippen molar-refractivity contribution in [3.8, 4) is 0 Å². The molecule has 0 radical (unpaired) electrons. The van der Waals surface area contributed by atoms with Crippen LogP contribution in [0, 0.1) is 0 Å². The van der Waals surface area contributed by atoms with Crippen LogP contribution < -0.4 is 5.32 Å². The maximum atomic E-state index is 10.6. The normalized spacial score (nSPS) is 15.6. The van der Waals surface area contributed by atoms with Gasteiger partial charge in [-0.1, -0.05) is 13.8 Å². The number of thioether (sulfide) groups is 1. The van der Waals surface area contributed by atoms with Crippen molar-refractivity contribution >= 4 is 17.7 Å². The van der Waals surface area contributed by atoms with Crippen LogP contribution in [0.4, 0.5) is 0 Å². The summed E-state index contributed by atoms with van der Waals surface area (Å²) in [5, 5.41) is 12.0. The molecule has 0 saturated carbocycles. The van der Waals surface area contributed by atoms with E-state index in [4.69, 9.17) is 5.11 Å². The van der Waals surface area contributed by atoms with Gasteiger partial charge in [-0.2, -0.15) is 11.8 Å². The molecule has 2 atom stereocenters. The van der Waals surface area contributed by atoms with Gasteiger partial charge < -0.3 is 10.4 Å². The minimum Gasteiger partial charge on any atom is -0.480 e. The Morgan fingerprint density at radius 3 is 2.58 bits per heavy atom. The van der Waals surface area contributed by atoms with Crippen LogP contribution in [0.1, 0.15) is 20.3 Å². The lowest BCUT2D eigenvalue weighted by atomic mass is 10.3. The second-order valence-electron chi connectivity index (χ2n) is 2.73. The molecular weight excluding hydrogens is 174 g/mol. The highest BCUT2D eigenvalue weighted by Crippen LogP contribution is 2.14. The molecule has 2 unspecified atom stereocenters. The summed E-state index contributed by atoms with van der Waals surface area (Å²) in [6, 6.07) is -0.413. The van der Waals surface area contributed by atoms with Crippen molar-refractivity contribution in [1.82, 2.24) is 5.32 Å². The van der Waals surface area contributed by atoms with Gasteiger partial charge in [0.25, 0.3) is 0 Å². The first-order valence-electron chi connectivity index (χ1n) is 4.13. The summed E-state index contributed by atoms with van der Waals surface area (Å²) in [5.74, 6) is -0.130. The zero-order valence-corrected chi connectivity index (χ0v) is 8.65. The SMILES string of the molecule is CCC(C)SCC(NC)C(=O)O. The Labute approximate surface area is 77.9 Å². The molecule has 0 heterocycles. The molecule has 0 saturated heterocycles. The third kappa shape index (κ3) is 4.62. The summed E-state index contributed by atoms with van der Waals surface area (Å²) < 4.78 is 0. The van der Waals surface area contributed by atoms with Gasteiger partial charge in [-0.05, 0) is 13.5 Å². The summed E-state index contributed by atoms with van der Waals surface area (Å²) in [5.41, 5.74) is 0. The second-order valence-corrected chi connectivity index (χ2v) is 4.20. The molecular formula is C8H17NO2S. The van der Waals surface area contributed by atoms with Crippen molar-refractivity contribution in [2.45, 2.75) is 31.6 Å². The number of likely N-dealkylation sites (N-methyl/N-ethyl adjacent to an activating group) is 1. The first-order valence-corrected chi connectivity index (χ1v) is 5.18. The lowest BCUT2D eigenvalue weighted by Crippen LogP contribution is -2.36. The third-order valence-corrected chi connectivity index (χ3v) is 3.20. The number of aliphatic carboxylic acids is 1. The molecule has 4 heteroatoms. The minimum absolute atomic E-state index is 0.413. The van der Waals surface area contributed by atoms with Crippen molar-refractivity contribution < 1.29 is 9.90 Å². The second kappa shape index (κ2) is 6.31. The molecule has 3 nitrogen and oxygen atoms in total. The van der Waals surface area contributed by atoms with E-state index in [0.29, 0.717) is 11.0 Å². The highest BCUT2D eigenvalue weighted by molar-refractivity contribution is 7.99. The summed E-state index contributed by atoms with van der Waals surface area (Å²) in [4.78, 5) is 10.6. The molecule has 0 aromatic rings. The summed E-state index contributed by atoms with van der Waals surface area (Å²) >= 11 is 1.69. The van der Waals surface area contributed by atoms with E-state index >= 15 is 0 Å². The van der Waals surface area contributed by atoms with E-state index in [2.05, 4.69) is 19.2 Å². The molecule has 0 aliphatic heterocycles. The van der Waals surface area contributed by atoms with Crippen LogP contribution in [0.5, 0.6) is 0 Å². The molecule has 0 aliphatic rings. The highest BCUT2D eigenvalue weighted by atomic mass is 32.2. The van der Waals surface area contributed by atoms with Crippen LogP contribution in [-0.4, -0.2) is 35.2 Å². The van der Waals surface area contributed by atoms with Crippen LogP contribution >= 0.6 is 11.8 Å². The van der Waals surface area contributed by atoms with E-state index in [-0.39, 0.29) is 0 Å². The summed E-state index contributed by atoms with van der Waals surface area (Å²) in [7, 11) is 1.68.